The first-order valence-corrected chi connectivity index (χ1v) is 6.84. The Morgan fingerprint density at radius 2 is 2.16 bits per heavy atom. The summed E-state index contributed by atoms with van der Waals surface area (Å²) in [5.74, 6) is -0.318. The number of aryl methyl sites for hydroxylation is 1. The predicted molar refractivity (Wildman–Crippen MR) is 66.1 cm³/mol. The van der Waals surface area contributed by atoms with Gasteiger partial charge in [0.15, 0.2) is 5.76 Å². The van der Waals surface area contributed by atoms with Crippen LogP contribution in [0.5, 0.6) is 0 Å². The van der Waals surface area contributed by atoms with Gasteiger partial charge in [-0.2, -0.15) is 0 Å². The van der Waals surface area contributed by atoms with Gasteiger partial charge in [0.25, 0.3) is 0 Å². The summed E-state index contributed by atoms with van der Waals surface area (Å²) in [6, 6.07) is 4.75. The summed E-state index contributed by atoms with van der Waals surface area (Å²) < 4.78 is 44.1. The summed E-state index contributed by atoms with van der Waals surface area (Å²) in [4.78, 5) is -0.302. The molecule has 3 N–H and O–H groups in total. The highest BCUT2D eigenvalue weighted by molar-refractivity contribution is 7.89. The molecule has 0 aliphatic carbocycles. The fraction of sp³-hybridized carbons (Fsp3) is 0.182. The van der Waals surface area contributed by atoms with Crippen molar-refractivity contribution in [1.82, 2.24) is 9.88 Å². The second kappa shape index (κ2) is 4.98. The normalized spacial score (nSPS) is 11.7. The second-order valence-electron chi connectivity index (χ2n) is 3.94. The molecule has 8 heteroatoms. The monoisotopic (exact) mass is 285 g/mol. The van der Waals surface area contributed by atoms with E-state index in [-0.39, 0.29) is 17.1 Å². The molecule has 0 radical (unpaired) electrons. The van der Waals surface area contributed by atoms with Gasteiger partial charge in [-0.3, -0.25) is 0 Å². The molecule has 0 saturated heterocycles. The Labute approximate surface area is 109 Å². The summed E-state index contributed by atoms with van der Waals surface area (Å²) in [5.41, 5.74) is 6.14. The third-order valence-electron chi connectivity index (χ3n) is 2.38. The summed E-state index contributed by atoms with van der Waals surface area (Å²) in [6.45, 7) is 1.63. The largest absolute Gasteiger partial charge is 0.398 e. The van der Waals surface area contributed by atoms with Gasteiger partial charge in [0.05, 0.1) is 17.9 Å². The molecule has 0 aliphatic rings. The van der Waals surface area contributed by atoms with Crippen LogP contribution in [0.2, 0.25) is 0 Å². The highest BCUT2D eigenvalue weighted by atomic mass is 32.2. The number of aromatic nitrogens is 1. The van der Waals surface area contributed by atoms with Crippen LogP contribution in [0.15, 0.2) is 33.7 Å². The lowest BCUT2D eigenvalue weighted by Crippen LogP contribution is -2.24. The Morgan fingerprint density at radius 3 is 2.79 bits per heavy atom. The molecule has 0 saturated carbocycles. The van der Waals surface area contributed by atoms with Crippen LogP contribution in [0.4, 0.5) is 10.1 Å². The SMILES string of the molecule is Cc1cc(CNS(=O)(=O)c2cc(F)ccc2N)on1. The first-order valence-electron chi connectivity index (χ1n) is 5.35. The first kappa shape index (κ1) is 13.5. The highest BCUT2D eigenvalue weighted by Gasteiger charge is 2.18. The van der Waals surface area contributed by atoms with Crippen LogP contribution in [0, 0.1) is 12.7 Å². The quantitative estimate of drug-likeness (QED) is 0.822. The smallest absolute Gasteiger partial charge is 0.243 e. The van der Waals surface area contributed by atoms with Gasteiger partial charge in [0.2, 0.25) is 10.0 Å². The van der Waals surface area contributed by atoms with Crippen LogP contribution in [-0.4, -0.2) is 13.6 Å². The third-order valence-corrected chi connectivity index (χ3v) is 3.84. The molecule has 0 unspecified atom stereocenters. The maximum absolute atomic E-state index is 13.1. The summed E-state index contributed by atoms with van der Waals surface area (Å²) in [7, 11) is -3.91. The molecule has 0 amide bonds. The number of rotatable bonds is 4. The molecule has 6 nitrogen and oxygen atoms in total. The molecule has 0 spiro atoms. The van der Waals surface area contributed by atoms with Gasteiger partial charge in [0, 0.05) is 6.07 Å². The molecule has 102 valence electrons. The van der Waals surface area contributed by atoms with Crippen LogP contribution >= 0.6 is 0 Å². The number of nitrogens with zero attached hydrogens (tertiary/aromatic N) is 1. The molecule has 19 heavy (non-hydrogen) atoms. The first-order chi connectivity index (χ1) is 8.88. The topological polar surface area (TPSA) is 98.2 Å². The number of sulfonamides is 1. The minimum absolute atomic E-state index is 0.0253. The molecular weight excluding hydrogens is 273 g/mol. The van der Waals surface area contributed by atoms with Crippen LogP contribution in [0.25, 0.3) is 0 Å². The van der Waals surface area contributed by atoms with Crippen molar-refractivity contribution < 1.29 is 17.3 Å². The van der Waals surface area contributed by atoms with Gasteiger partial charge >= 0.3 is 0 Å². The number of nitrogens with one attached hydrogen (secondary N) is 1. The Bertz CT molecular complexity index is 697. The van der Waals surface area contributed by atoms with Gasteiger partial charge in [-0.15, -0.1) is 0 Å². The fourth-order valence-electron chi connectivity index (χ4n) is 1.48. The predicted octanol–water partition coefficient (Wildman–Crippen LogP) is 1.18. The minimum Gasteiger partial charge on any atom is -0.398 e. The van der Waals surface area contributed by atoms with E-state index in [0.717, 1.165) is 12.1 Å². The number of nitrogens with two attached hydrogens (primary N) is 1. The second-order valence-corrected chi connectivity index (χ2v) is 5.68. The van der Waals surface area contributed by atoms with Crippen molar-refractivity contribution in [2.45, 2.75) is 18.4 Å². The van der Waals surface area contributed by atoms with E-state index in [4.69, 9.17) is 10.3 Å². The van der Waals surface area contributed by atoms with Gasteiger partial charge in [-0.1, -0.05) is 5.16 Å². The molecule has 0 atom stereocenters. The zero-order valence-corrected chi connectivity index (χ0v) is 10.9. The van der Waals surface area contributed by atoms with Gasteiger partial charge in [0.1, 0.15) is 10.7 Å². The highest BCUT2D eigenvalue weighted by Crippen LogP contribution is 2.19. The van der Waals surface area contributed by atoms with E-state index in [1.54, 1.807) is 13.0 Å². The molecular formula is C11H12FN3O3S. The van der Waals surface area contributed by atoms with E-state index in [0.29, 0.717) is 11.5 Å². The lowest BCUT2D eigenvalue weighted by atomic mass is 10.3. The van der Waals surface area contributed by atoms with Crippen molar-refractivity contribution in [1.29, 1.82) is 0 Å². The average molecular weight is 285 g/mol. The summed E-state index contributed by atoms with van der Waals surface area (Å²) >= 11 is 0. The zero-order chi connectivity index (χ0) is 14.0. The van der Waals surface area contributed by atoms with E-state index >= 15 is 0 Å². The van der Waals surface area contributed by atoms with E-state index in [2.05, 4.69) is 9.88 Å². The van der Waals surface area contributed by atoms with Crippen molar-refractivity contribution >= 4 is 15.7 Å². The molecule has 2 aromatic rings. The van der Waals surface area contributed by atoms with E-state index in [1.807, 2.05) is 0 Å². The van der Waals surface area contributed by atoms with E-state index in [9.17, 15) is 12.8 Å². The van der Waals surface area contributed by atoms with Crippen LogP contribution < -0.4 is 10.5 Å². The van der Waals surface area contributed by atoms with Crippen molar-refractivity contribution in [3.8, 4) is 0 Å². The Balaban J connectivity index is 2.20. The van der Waals surface area contributed by atoms with Gasteiger partial charge in [-0.05, 0) is 25.1 Å². The molecule has 0 fully saturated rings. The summed E-state index contributed by atoms with van der Waals surface area (Å²) in [5, 5.41) is 3.63. The molecule has 0 bridgehead atoms. The molecule has 1 aromatic heterocycles. The standard InChI is InChI=1S/C11H12FN3O3S/c1-7-4-9(18-15-7)6-14-19(16,17)11-5-8(12)2-3-10(11)13/h2-5,14H,6,13H2,1H3. The lowest BCUT2D eigenvalue weighted by molar-refractivity contribution is 0.377. The Hall–Kier alpha value is -1.93. The van der Waals surface area contributed by atoms with Gasteiger partial charge in [-0.25, -0.2) is 17.5 Å². The number of halogens is 1. The van der Waals surface area contributed by atoms with E-state index in [1.165, 1.54) is 6.07 Å². The maximum Gasteiger partial charge on any atom is 0.243 e. The minimum atomic E-state index is -3.91. The van der Waals surface area contributed by atoms with E-state index < -0.39 is 15.8 Å². The van der Waals surface area contributed by atoms with Crippen LogP contribution in [-0.2, 0) is 16.6 Å². The van der Waals surface area contributed by atoms with Crippen LogP contribution in [0.1, 0.15) is 11.5 Å². The number of hydrogen-bond donors (Lipinski definition) is 2. The third kappa shape index (κ3) is 3.09. The number of benzene rings is 1. The Morgan fingerprint density at radius 1 is 1.42 bits per heavy atom. The number of hydrogen-bond acceptors (Lipinski definition) is 5. The van der Waals surface area contributed by atoms with Crippen LogP contribution in [0.3, 0.4) is 0 Å². The zero-order valence-electron chi connectivity index (χ0n) is 10.1. The fourth-order valence-corrected chi connectivity index (χ4v) is 2.62. The number of anilines is 1. The van der Waals surface area contributed by atoms with Crippen molar-refractivity contribution in [2.75, 3.05) is 5.73 Å². The molecule has 1 heterocycles. The summed E-state index contributed by atoms with van der Waals surface area (Å²) in [6.07, 6.45) is 0. The molecule has 0 aliphatic heterocycles. The Kier molecular flexibility index (Phi) is 3.54. The average Bonchev–Trinajstić information content (AvgIpc) is 2.76. The van der Waals surface area contributed by atoms with Crippen molar-refractivity contribution in [3.63, 3.8) is 0 Å². The molecule has 1 aromatic carbocycles. The van der Waals surface area contributed by atoms with Crippen molar-refractivity contribution in [2.24, 2.45) is 0 Å². The van der Waals surface area contributed by atoms with Crippen molar-refractivity contribution in [3.05, 3.63) is 41.5 Å². The molecule has 2 rings (SSSR count). The maximum atomic E-state index is 13.1. The number of nitrogen functional groups attached to an aromatic ring is 1. The van der Waals surface area contributed by atoms with Gasteiger partial charge < -0.3 is 10.3 Å². The lowest BCUT2D eigenvalue weighted by Gasteiger charge is -2.07.